The Kier molecular flexibility index (Phi) is 4.76. The van der Waals surface area contributed by atoms with Gasteiger partial charge in [-0.3, -0.25) is 14.2 Å². The highest BCUT2D eigenvalue weighted by Crippen LogP contribution is 2.27. The molecule has 1 aromatic rings. The molecule has 1 fully saturated rings. The fourth-order valence-corrected chi connectivity index (χ4v) is 4.64. The number of aromatic nitrogens is 2. The highest BCUT2D eigenvalue weighted by molar-refractivity contribution is 7.89. The van der Waals surface area contributed by atoms with Crippen molar-refractivity contribution in [2.45, 2.75) is 36.6 Å². The van der Waals surface area contributed by atoms with Crippen LogP contribution in [0.25, 0.3) is 0 Å². The van der Waals surface area contributed by atoms with Gasteiger partial charge in [-0.25, -0.2) is 13.2 Å². The number of primary amides is 1. The van der Waals surface area contributed by atoms with E-state index >= 15 is 0 Å². The monoisotopic (exact) mass is 344 g/mol. The first-order valence-electron chi connectivity index (χ1n) is 7.23. The van der Waals surface area contributed by atoms with Crippen LogP contribution in [0, 0.1) is 0 Å². The number of carbonyl (C=O) groups is 1. The number of hydrogen-bond donors (Lipinski definition) is 1. The molecule has 1 aromatic heterocycles. The predicted octanol–water partition coefficient (Wildman–Crippen LogP) is -1.50. The lowest BCUT2D eigenvalue weighted by molar-refractivity contribution is -0.118. The van der Waals surface area contributed by atoms with Crippen LogP contribution in [-0.4, -0.2) is 40.4 Å². The van der Waals surface area contributed by atoms with Gasteiger partial charge in [0.25, 0.3) is 15.6 Å². The fourth-order valence-electron chi connectivity index (χ4n) is 2.83. The summed E-state index contributed by atoms with van der Waals surface area (Å²) in [4.78, 5) is 34.7. The summed E-state index contributed by atoms with van der Waals surface area (Å²) in [6, 6.07) is -0.366. The van der Waals surface area contributed by atoms with Crippen molar-refractivity contribution in [3.05, 3.63) is 27.0 Å². The van der Waals surface area contributed by atoms with Gasteiger partial charge in [0.05, 0.1) is 6.54 Å². The van der Waals surface area contributed by atoms with E-state index in [0.717, 1.165) is 32.5 Å². The molecule has 2 rings (SSSR count). The highest BCUT2D eigenvalue weighted by atomic mass is 32.2. The minimum absolute atomic E-state index is 0.366. The largest absolute Gasteiger partial charge is 0.369 e. The van der Waals surface area contributed by atoms with Gasteiger partial charge in [-0.1, -0.05) is 12.8 Å². The van der Waals surface area contributed by atoms with E-state index in [1.54, 1.807) is 0 Å². The Hall–Kier alpha value is -1.94. The molecule has 0 spiro atoms. The Morgan fingerprint density at radius 2 is 1.87 bits per heavy atom. The molecule has 0 radical (unpaired) electrons. The summed E-state index contributed by atoms with van der Waals surface area (Å²) in [5, 5.41) is 0. The van der Waals surface area contributed by atoms with Gasteiger partial charge in [0.1, 0.15) is 0 Å². The minimum Gasteiger partial charge on any atom is -0.369 e. The summed E-state index contributed by atoms with van der Waals surface area (Å²) in [5.41, 5.74) is 3.63. The predicted molar refractivity (Wildman–Crippen MR) is 82.3 cm³/mol. The number of carbonyl (C=O) groups excluding carboxylic acids is 1. The van der Waals surface area contributed by atoms with Crippen molar-refractivity contribution in [1.29, 1.82) is 0 Å². The topological polar surface area (TPSA) is 124 Å². The van der Waals surface area contributed by atoms with E-state index in [9.17, 15) is 22.8 Å². The van der Waals surface area contributed by atoms with E-state index in [2.05, 4.69) is 0 Å². The van der Waals surface area contributed by atoms with Crippen molar-refractivity contribution in [2.75, 3.05) is 6.54 Å². The fraction of sp³-hybridized carbons (Fsp3) is 0.615. The zero-order chi connectivity index (χ0) is 17.4. The van der Waals surface area contributed by atoms with Gasteiger partial charge in [-0.05, 0) is 12.8 Å². The zero-order valence-electron chi connectivity index (χ0n) is 13.1. The molecular formula is C13H20N4O5S. The molecule has 0 bridgehead atoms. The van der Waals surface area contributed by atoms with Crippen molar-refractivity contribution in [3.8, 4) is 0 Å². The molecule has 1 heterocycles. The number of nitrogens with zero attached hydrogens (tertiary/aromatic N) is 3. The zero-order valence-corrected chi connectivity index (χ0v) is 13.9. The molecule has 0 atom stereocenters. The Bertz CT molecular complexity index is 833. The third-order valence-corrected chi connectivity index (χ3v) is 5.93. The van der Waals surface area contributed by atoms with Crippen LogP contribution in [0.3, 0.4) is 0 Å². The first-order chi connectivity index (χ1) is 10.7. The number of sulfonamides is 1. The van der Waals surface area contributed by atoms with Crippen molar-refractivity contribution < 1.29 is 13.2 Å². The highest BCUT2D eigenvalue weighted by Gasteiger charge is 2.36. The van der Waals surface area contributed by atoms with Crippen LogP contribution < -0.4 is 17.0 Å². The first kappa shape index (κ1) is 17.4. The van der Waals surface area contributed by atoms with Crippen LogP contribution in [0.1, 0.15) is 25.7 Å². The number of amides is 1. The number of rotatable bonds is 5. The van der Waals surface area contributed by atoms with E-state index in [0.29, 0.717) is 12.8 Å². The SMILES string of the molecule is Cn1cc(S(=O)(=O)N(CC(N)=O)C2CCCC2)c(=O)n(C)c1=O. The average molecular weight is 344 g/mol. The molecule has 0 saturated heterocycles. The Morgan fingerprint density at radius 1 is 1.30 bits per heavy atom. The Labute approximate surface area is 133 Å². The molecule has 128 valence electrons. The minimum atomic E-state index is -4.23. The smallest absolute Gasteiger partial charge is 0.330 e. The molecule has 0 unspecified atom stereocenters. The molecule has 0 aliphatic heterocycles. The average Bonchev–Trinajstić information content (AvgIpc) is 2.99. The summed E-state index contributed by atoms with van der Waals surface area (Å²) in [6.07, 6.45) is 3.90. The van der Waals surface area contributed by atoms with Crippen LogP contribution in [-0.2, 0) is 28.9 Å². The summed E-state index contributed by atoms with van der Waals surface area (Å²) >= 11 is 0. The van der Waals surface area contributed by atoms with Crippen LogP contribution in [0.4, 0.5) is 0 Å². The molecule has 1 aliphatic carbocycles. The summed E-state index contributed by atoms with van der Waals surface area (Å²) in [6.45, 7) is -0.487. The lowest BCUT2D eigenvalue weighted by Crippen LogP contribution is -2.47. The van der Waals surface area contributed by atoms with E-state index in [1.165, 1.54) is 14.1 Å². The second-order valence-corrected chi connectivity index (χ2v) is 7.56. The lowest BCUT2D eigenvalue weighted by atomic mass is 10.2. The quantitative estimate of drug-likeness (QED) is 0.696. The van der Waals surface area contributed by atoms with Gasteiger partial charge in [-0.2, -0.15) is 4.31 Å². The second kappa shape index (κ2) is 6.28. The summed E-state index contributed by atoms with van der Waals surface area (Å²) in [7, 11) is -1.67. The second-order valence-electron chi connectivity index (χ2n) is 5.71. The van der Waals surface area contributed by atoms with Gasteiger partial charge in [0, 0.05) is 26.3 Å². The van der Waals surface area contributed by atoms with E-state index in [1.807, 2.05) is 0 Å². The molecular weight excluding hydrogens is 324 g/mol. The maximum atomic E-state index is 12.9. The van der Waals surface area contributed by atoms with Gasteiger partial charge >= 0.3 is 5.69 Å². The van der Waals surface area contributed by atoms with Crippen LogP contribution >= 0.6 is 0 Å². The van der Waals surface area contributed by atoms with Crippen molar-refractivity contribution >= 4 is 15.9 Å². The molecule has 23 heavy (non-hydrogen) atoms. The van der Waals surface area contributed by atoms with Crippen molar-refractivity contribution in [3.63, 3.8) is 0 Å². The lowest BCUT2D eigenvalue weighted by Gasteiger charge is -2.26. The van der Waals surface area contributed by atoms with E-state index in [4.69, 9.17) is 5.73 Å². The molecule has 9 nitrogen and oxygen atoms in total. The summed E-state index contributed by atoms with van der Waals surface area (Å²) in [5.74, 6) is -0.790. The molecule has 1 saturated carbocycles. The number of hydrogen-bond acceptors (Lipinski definition) is 5. The van der Waals surface area contributed by atoms with E-state index < -0.39 is 38.6 Å². The molecule has 2 N–H and O–H groups in total. The maximum Gasteiger partial charge on any atom is 0.330 e. The van der Waals surface area contributed by atoms with Crippen molar-refractivity contribution in [1.82, 2.24) is 13.4 Å². The molecule has 10 heteroatoms. The molecule has 1 aliphatic rings. The van der Waals surface area contributed by atoms with Gasteiger partial charge in [0.15, 0.2) is 4.90 Å². The third-order valence-electron chi connectivity index (χ3n) is 4.05. The molecule has 1 amide bonds. The molecule has 0 aromatic carbocycles. The number of aryl methyl sites for hydroxylation is 1. The first-order valence-corrected chi connectivity index (χ1v) is 8.67. The van der Waals surface area contributed by atoms with E-state index in [-0.39, 0.29) is 6.04 Å². The summed E-state index contributed by atoms with van der Waals surface area (Å²) < 4.78 is 28.5. The van der Waals surface area contributed by atoms with Gasteiger partial charge in [-0.15, -0.1) is 0 Å². The van der Waals surface area contributed by atoms with Crippen LogP contribution in [0.15, 0.2) is 20.7 Å². The van der Waals surface area contributed by atoms with Gasteiger partial charge < -0.3 is 10.3 Å². The Balaban J connectivity index is 2.60. The number of nitrogens with two attached hydrogens (primary N) is 1. The maximum absolute atomic E-state index is 12.9. The van der Waals surface area contributed by atoms with Gasteiger partial charge in [0.2, 0.25) is 5.91 Å². The normalized spacial score (nSPS) is 16.1. The van der Waals surface area contributed by atoms with Crippen molar-refractivity contribution in [2.24, 2.45) is 19.8 Å². The standard InChI is InChI=1S/C13H20N4O5S/c1-15-7-10(12(19)16(2)13(15)20)23(21,22)17(8-11(14)18)9-5-3-4-6-9/h7,9H,3-6,8H2,1-2H3,(H2,14,18). The third kappa shape index (κ3) is 3.22. The van der Waals surface area contributed by atoms with Crippen LogP contribution in [0.2, 0.25) is 0 Å². The Morgan fingerprint density at radius 3 is 2.39 bits per heavy atom. The van der Waals surface area contributed by atoms with Crippen LogP contribution in [0.5, 0.6) is 0 Å².